The Labute approximate surface area is 236 Å². The van der Waals surface area contributed by atoms with Crippen molar-refractivity contribution >= 4 is 51.4 Å². The summed E-state index contributed by atoms with van der Waals surface area (Å²) in [4.78, 5) is 54.2. The van der Waals surface area contributed by atoms with Crippen LogP contribution in [-0.4, -0.2) is 84.9 Å². The van der Waals surface area contributed by atoms with Crippen LogP contribution in [0.4, 0.5) is 0 Å². The van der Waals surface area contributed by atoms with Crippen LogP contribution in [0.2, 0.25) is 5.02 Å². The third-order valence-corrected chi connectivity index (χ3v) is 8.26. The highest BCUT2D eigenvalue weighted by molar-refractivity contribution is 7.92. The van der Waals surface area contributed by atoms with Gasteiger partial charge in [0.15, 0.2) is 21.3 Å². The number of halogens is 1. The summed E-state index contributed by atoms with van der Waals surface area (Å²) in [6.07, 6.45) is 1.94. The molecule has 0 spiro atoms. The summed E-state index contributed by atoms with van der Waals surface area (Å²) in [5, 5.41) is 10.8. The van der Waals surface area contributed by atoms with Crippen LogP contribution in [0.1, 0.15) is 44.8 Å². The first-order valence-electron chi connectivity index (χ1n) is 12.5. The van der Waals surface area contributed by atoms with E-state index in [-0.39, 0.29) is 5.57 Å². The summed E-state index contributed by atoms with van der Waals surface area (Å²) < 4.78 is 36.8. The highest BCUT2D eigenvalue weighted by Crippen LogP contribution is 2.37. The van der Waals surface area contributed by atoms with Crippen molar-refractivity contribution < 1.29 is 42.2 Å². The molecule has 218 valence electrons. The van der Waals surface area contributed by atoms with Gasteiger partial charge in [-0.05, 0) is 43.5 Å². The molecule has 4 rings (SSSR count). The van der Waals surface area contributed by atoms with Crippen LogP contribution < -0.4 is 11.1 Å². The number of rotatable bonds is 8. The van der Waals surface area contributed by atoms with Gasteiger partial charge < -0.3 is 25.6 Å². The first-order chi connectivity index (χ1) is 18.9. The maximum Gasteiger partial charge on any atom is 0.352 e. The number of esters is 1. The maximum atomic E-state index is 13.3. The topological polar surface area (TPSA) is 195 Å². The van der Waals surface area contributed by atoms with Gasteiger partial charge in [-0.2, -0.15) is 0 Å². The quantitative estimate of drug-likeness (QED) is 0.286. The number of fused-ring (bicyclic) bond motifs is 1. The second kappa shape index (κ2) is 13.4. The number of nitrogens with two attached hydrogens (primary N) is 1. The standard InChI is InChI=1S/C23H24ClN3O9S.C2H7N/c1-12(28)35-10-14-11-37(33,34)22-17(21(30)27(22)18(14)23(31)32)26-20(29)19(13-5-4-6-15(24)9-13)36-16-7-2-3-8-25-16;1-2-3/h4-6,8-9,16-17,19,22H,2-3,7,10-11H2,1H3,(H,26,29)(H,31,32);2-3H2,1H3/t16?,17-,19?,22-;/m0./s1. The van der Waals surface area contributed by atoms with Crippen molar-refractivity contribution in [1.82, 2.24) is 10.2 Å². The number of carboxylic acid groups (broad SMARTS) is 1. The zero-order valence-electron chi connectivity index (χ0n) is 21.9. The van der Waals surface area contributed by atoms with Crippen molar-refractivity contribution in [3.05, 3.63) is 46.1 Å². The smallest absolute Gasteiger partial charge is 0.352 e. The van der Waals surface area contributed by atoms with Gasteiger partial charge >= 0.3 is 11.9 Å². The van der Waals surface area contributed by atoms with Crippen LogP contribution in [0.15, 0.2) is 40.5 Å². The number of hydrogen-bond acceptors (Lipinski definition) is 10. The lowest BCUT2D eigenvalue weighted by Gasteiger charge is -2.49. The normalized spacial score (nSPS) is 23.6. The molecular formula is C25H31ClN4O9S. The van der Waals surface area contributed by atoms with E-state index < -0.39 is 75.4 Å². The molecule has 0 bridgehead atoms. The van der Waals surface area contributed by atoms with Crippen LogP contribution in [0.3, 0.4) is 0 Å². The summed E-state index contributed by atoms with van der Waals surface area (Å²) >= 11 is 6.09. The minimum absolute atomic E-state index is 0.243. The van der Waals surface area contributed by atoms with Gasteiger partial charge in [0.2, 0.25) is 0 Å². The number of carbonyl (C=O) groups excluding carboxylic acids is 3. The Morgan fingerprint density at radius 3 is 2.60 bits per heavy atom. The monoisotopic (exact) mass is 598 g/mol. The Kier molecular flexibility index (Phi) is 10.4. The molecule has 3 aliphatic heterocycles. The fraction of sp³-hybridized carbons (Fsp3) is 0.480. The molecule has 2 amide bonds. The first-order valence-corrected chi connectivity index (χ1v) is 14.6. The lowest BCUT2D eigenvalue weighted by molar-refractivity contribution is -0.154. The maximum absolute atomic E-state index is 13.3. The van der Waals surface area contributed by atoms with Gasteiger partial charge in [0.05, 0.1) is 5.75 Å². The molecule has 0 aliphatic carbocycles. The van der Waals surface area contributed by atoms with Crippen LogP contribution in [0.5, 0.6) is 0 Å². The average molecular weight is 599 g/mol. The summed E-state index contributed by atoms with van der Waals surface area (Å²) in [5.41, 5.74) is 4.39. The Morgan fingerprint density at radius 1 is 1.32 bits per heavy atom. The van der Waals surface area contributed by atoms with Gasteiger partial charge in [-0.15, -0.1) is 0 Å². The SMILES string of the molecule is CC(=O)OCC1=C(C(=O)O)N2C(=O)[C@H](NC(=O)C(OC3CCCC=N3)c3cccc(Cl)c3)[C@@H]2S(=O)(=O)C1.CCN. The third kappa shape index (κ3) is 7.05. The lowest BCUT2D eigenvalue weighted by atomic mass is 10.0. The van der Waals surface area contributed by atoms with Crippen molar-refractivity contribution in [3.63, 3.8) is 0 Å². The Balaban J connectivity index is 0.00000141. The van der Waals surface area contributed by atoms with Gasteiger partial charge in [0, 0.05) is 23.7 Å². The van der Waals surface area contributed by atoms with Crippen LogP contribution in [0, 0.1) is 0 Å². The van der Waals surface area contributed by atoms with E-state index >= 15 is 0 Å². The lowest BCUT2D eigenvalue weighted by Crippen LogP contribution is -2.75. The average Bonchev–Trinajstić information content (AvgIpc) is 2.89. The fourth-order valence-corrected chi connectivity index (χ4v) is 6.63. The number of β-lactam (4-membered cyclic amide) rings is 1. The van der Waals surface area contributed by atoms with E-state index in [4.69, 9.17) is 26.8 Å². The van der Waals surface area contributed by atoms with Crippen molar-refractivity contribution in [2.45, 2.75) is 56.9 Å². The number of carbonyl (C=O) groups is 4. The molecule has 1 fully saturated rings. The molecule has 40 heavy (non-hydrogen) atoms. The molecule has 1 aromatic rings. The summed E-state index contributed by atoms with van der Waals surface area (Å²) in [5.74, 6) is -4.79. The molecule has 2 unspecified atom stereocenters. The molecule has 13 nitrogen and oxygen atoms in total. The predicted octanol–water partition coefficient (Wildman–Crippen LogP) is 0.927. The van der Waals surface area contributed by atoms with Crippen molar-refractivity contribution in [2.24, 2.45) is 10.7 Å². The predicted molar refractivity (Wildman–Crippen MR) is 144 cm³/mol. The number of aliphatic imine (C=N–C) groups is 1. The molecule has 3 aliphatic rings. The van der Waals surface area contributed by atoms with Crippen LogP contribution in [-0.2, 0) is 38.5 Å². The molecule has 15 heteroatoms. The molecule has 0 aromatic heterocycles. The minimum atomic E-state index is -4.15. The highest BCUT2D eigenvalue weighted by Gasteiger charge is 2.61. The number of ether oxygens (including phenoxy) is 2. The zero-order chi connectivity index (χ0) is 29.6. The Bertz CT molecular complexity index is 1330. The number of benzene rings is 1. The summed E-state index contributed by atoms with van der Waals surface area (Å²) in [6.45, 7) is 3.13. The van der Waals surface area contributed by atoms with E-state index in [9.17, 15) is 32.7 Å². The number of nitrogens with one attached hydrogen (secondary N) is 1. The van der Waals surface area contributed by atoms with Crippen molar-refractivity contribution in [1.29, 1.82) is 0 Å². The number of aliphatic carboxylic acids is 1. The van der Waals surface area contributed by atoms with Gasteiger partial charge in [0.1, 0.15) is 24.6 Å². The number of nitrogens with zero attached hydrogens (tertiary/aromatic N) is 2. The second-order valence-electron chi connectivity index (χ2n) is 9.13. The Morgan fingerprint density at radius 2 is 2.02 bits per heavy atom. The largest absolute Gasteiger partial charge is 0.477 e. The molecular weight excluding hydrogens is 568 g/mol. The molecule has 4 N–H and O–H groups in total. The van der Waals surface area contributed by atoms with Crippen LogP contribution in [0.25, 0.3) is 0 Å². The molecule has 3 heterocycles. The van der Waals surface area contributed by atoms with Crippen LogP contribution >= 0.6 is 11.6 Å². The van der Waals surface area contributed by atoms with Gasteiger partial charge in [-0.25, -0.2) is 13.2 Å². The summed E-state index contributed by atoms with van der Waals surface area (Å²) in [6, 6.07) is 4.79. The number of carboxylic acids is 1. The van der Waals surface area contributed by atoms with Crippen molar-refractivity contribution in [2.75, 3.05) is 18.9 Å². The van der Waals surface area contributed by atoms with E-state index in [1.807, 2.05) is 6.92 Å². The molecule has 4 atom stereocenters. The second-order valence-corrected chi connectivity index (χ2v) is 11.7. The minimum Gasteiger partial charge on any atom is -0.477 e. The van der Waals surface area contributed by atoms with Gasteiger partial charge in [-0.1, -0.05) is 30.7 Å². The zero-order valence-corrected chi connectivity index (χ0v) is 23.5. The highest BCUT2D eigenvalue weighted by atomic mass is 35.5. The number of sulfone groups is 1. The van der Waals surface area contributed by atoms with Gasteiger partial charge in [0.25, 0.3) is 11.8 Å². The summed E-state index contributed by atoms with van der Waals surface area (Å²) in [7, 11) is -4.15. The van der Waals surface area contributed by atoms with Crippen molar-refractivity contribution in [3.8, 4) is 0 Å². The Hall–Kier alpha value is -3.33. The first kappa shape index (κ1) is 31.2. The van der Waals surface area contributed by atoms with E-state index in [0.29, 0.717) is 21.9 Å². The molecule has 0 radical (unpaired) electrons. The van der Waals surface area contributed by atoms with E-state index in [0.717, 1.165) is 26.3 Å². The molecule has 0 saturated carbocycles. The van der Waals surface area contributed by atoms with E-state index in [1.165, 1.54) is 6.07 Å². The number of hydrogen-bond donors (Lipinski definition) is 3. The molecule has 1 saturated heterocycles. The van der Waals surface area contributed by atoms with E-state index in [1.54, 1.807) is 24.4 Å². The molecule has 1 aromatic carbocycles. The third-order valence-electron chi connectivity index (χ3n) is 6.05. The van der Waals surface area contributed by atoms with Gasteiger partial charge in [-0.3, -0.25) is 24.3 Å². The van der Waals surface area contributed by atoms with E-state index in [2.05, 4.69) is 10.3 Å². The number of amides is 2. The fourth-order valence-electron chi connectivity index (χ4n) is 4.42.